The van der Waals surface area contributed by atoms with Gasteiger partial charge in [0, 0.05) is 42.7 Å². The lowest BCUT2D eigenvalue weighted by atomic mass is 10.00. The number of nitrogens with two attached hydrogens (primary N) is 1. The number of nitriles is 1. The van der Waals surface area contributed by atoms with Crippen LogP contribution in [0.4, 0.5) is 5.69 Å². The highest BCUT2D eigenvalue weighted by atomic mass is 16.3. The summed E-state index contributed by atoms with van der Waals surface area (Å²) in [5, 5.41) is 19.1. The van der Waals surface area contributed by atoms with Gasteiger partial charge in [0.25, 0.3) is 0 Å². The van der Waals surface area contributed by atoms with E-state index in [0.29, 0.717) is 11.4 Å². The number of pyridine rings is 1. The molecule has 1 saturated heterocycles. The molecule has 0 bridgehead atoms. The van der Waals surface area contributed by atoms with Crippen molar-refractivity contribution in [1.29, 1.82) is 5.26 Å². The van der Waals surface area contributed by atoms with Gasteiger partial charge in [0.1, 0.15) is 5.82 Å². The summed E-state index contributed by atoms with van der Waals surface area (Å²) in [6, 6.07) is 15.6. The summed E-state index contributed by atoms with van der Waals surface area (Å²) < 4.78 is 0. The van der Waals surface area contributed by atoms with E-state index in [0.717, 1.165) is 58.5 Å². The highest BCUT2D eigenvalue weighted by Crippen LogP contribution is 2.40. The predicted molar refractivity (Wildman–Crippen MR) is 120 cm³/mol. The van der Waals surface area contributed by atoms with E-state index in [2.05, 4.69) is 20.9 Å². The van der Waals surface area contributed by atoms with Gasteiger partial charge >= 0.3 is 0 Å². The normalized spacial score (nSPS) is 16.0. The Balaban J connectivity index is 1.73. The van der Waals surface area contributed by atoms with Gasteiger partial charge in [-0.3, -0.25) is 4.98 Å². The SMILES string of the molecule is N#Cc1cccc(-c2cncc(-c3nc4c(CO)cccc4[nH]3)c2N2CC[C@H](N)C2)c1. The van der Waals surface area contributed by atoms with Crippen LogP contribution in [0, 0.1) is 11.3 Å². The molecule has 1 fully saturated rings. The van der Waals surface area contributed by atoms with E-state index in [-0.39, 0.29) is 12.6 Å². The molecule has 3 heterocycles. The first-order valence-electron chi connectivity index (χ1n) is 10.3. The van der Waals surface area contributed by atoms with Crippen molar-refractivity contribution in [2.45, 2.75) is 19.1 Å². The number of hydrogen-bond acceptors (Lipinski definition) is 6. The number of aromatic nitrogens is 3. The Morgan fingerprint density at radius 2 is 2.03 bits per heavy atom. The largest absolute Gasteiger partial charge is 0.392 e. The minimum atomic E-state index is -0.0747. The van der Waals surface area contributed by atoms with E-state index in [1.54, 1.807) is 6.07 Å². The van der Waals surface area contributed by atoms with Crippen molar-refractivity contribution in [1.82, 2.24) is 15.0 Å². The van der Waals surface area contributed by atoms with Crippen molar-refractivity contribution in [3.63, 3.8) is 0 Å². The fourth-order valence-corrected chi connectivity index (χ4v) is 4.27. The van der Waals surface area contributed by atoms with Crippen LogP contribution in [0.15, 0.2) is 54.9 Å². The highest BCUT2D eigenvalue weighted by Gasteiger charge is 2.26. The van der Waals surface area contributed by atoms with Gasteiger partial charge in [-0.2, -0.15) is 5.26 Å². The van der Waals surface area contributed by atoms with Crippen molar-refractivity contribution in [2.75, 3.05) is 18.0 Å². The van der Waals surface area contributed by atoms with Crippen LogP contribution in [0.25, 0.3) is 33.5 Å². The second-order valence-electron chi connectivity index (χ2n) is 7.83. The Morgan fingerprint density at radius 3 is 2.81 bits per heavy atom. The highest BCUT2D eigenvalue weighted by molar-refractivity contribution is 5.91. The number of benzene rings is 2. The van der Waals surface area contributed by atoms with Gasteiger partial charge in [-0.1, -0.05) is 24.3 Å². The summed E-state index contributed by atoms with van der Waals surface area (Å²) in [6.45, 7) is 1.50. The lowest BCUT2D eigenvalue weighted by Gasteiger charge is -2.24. The van der Waals surface area contributed by atoms with E-state index < -0.39 is 0 Å². The van der Waals surface area contributed by atoms with Crippen molar-refractivity contribution in [3.05, 3.63) is 66.0 Å². The number of imidazole rings is 1. The fraction of sp³-hybridized carbons (Fsp3) is 0.208. The van der Waals surface area contributed by atoms with Crippen LogP contribution in [0.3, 0.4) is 0 Å². The number of aliphatic hydroxyl groups excluding tert-OH is 1. The first-order valence-corrected chi connectivity index (χ1v) is 10.3. The Morgan fingerprint density at radius 1 is 1.19 bits per heavy atom. The van der Waals surface area contributed by atoms with E-state index in [4.69, 9.17) is 10.7 Å². The first kappa shape index (κ1) is 19.2. The standard InChI is InChI=1S/C24H22N6O/c25-10-15-3-1-4-16(9-15)19-11-27-12-20(23(19)30-8-7-18(26)13-30)24-28-21-6-2-5-17(14-31)22(21)29-24/h1-6,9,11-12,18,31H,7-8,13-14,26H2,(H,28,29)/t18-/m0/s1. The molecule has 1 aliphatic rings. The zero-order valence-corrected chi connectivity index (χ0v) is 16.9. The summed E-state index contributed by atoms with van der Waals surface area (Å²) in [5.74, 6) is 0.692. The zero-order chi connectivity index (χ0) is 21.4. The molecule has 154 valence electrons. The molecule has 1 aliphatic heterocycles. The second kappa shape index (κ2) is 7.84. The van der Waals surface area contributed by atoms with Crippen molar-refractivity contribution < 1.29 is 5.11 Å². The minimum Gasteiger partial charge on any atom is -0.392 e. The van der Waals surface area contributed by atoms with Gasteiger partial charge in [-0.05, 0) is 30.2 Å². The summed E-state index contributed by atoms with van der Waals surface area (Å²) >= 11 is 0. The molecular formula is C24H22N6O. The quantitative estimate of drug-likeness (QED) is 0.476. The van der Waals surface area contributed by atoms with Crippen LogP contribution in [0.5, 0.6) is 0 Å². The third-order valence-corrected chi connectivity index (χ3v) is 5.78. The van der Waals surface area contributed by atoms with E-state index in [9.17, 15) is 10.4 Å². The summed E-state index contributed by atoms with van der Waals surface area (Å²) in [5.41, 5.74) is 13.0. The Bertz CT molecular complexity index is 1310. The molecule has 4 aromatic rings. The fourth-order valence-electron chi connectivity index (χ4n) is 4.27. The maximum absolute atomic E-state index is 9.70. The van der Waals surface area contributed by atoms with Crippen LogP contribution in [0.1, 0.15) is 17.5 Å². The third kappa shape index (κ3) is 3.42. The molecule has 4 N–H and O–H groups in total. The number of fused-ring (bicyclic) bond motifs is 1. The van der Waals surface area contributed by atoms with Crippen LogP contribution in [0.2, 0.25) is 0 Å². The number of H-pyrrole nitrogens is 1. The third-order valence-electron chi connectivity index (χ3n) is 5.78. The van der Waals surface area contributed by atoms with Gasteiger partial charge in [-0.25, -0.2) is 4.98 Å². The van der Waals surface area contributed by atoms with Crippen molar-refractivity contribution >= 4 is 16.7 Å². The smallest absolute Gasteiger partial charge is 0.142 e. The lowest BCUT2D eigenvalue weighted by molar-refractivity contribution is 0.283. The molecule has 0 aliphatic carbocycles. The van der Waals surface area contributed by atoms with Gasteiger partial charge in [0.2, 0.25) is 0 Å². The minimum absolute atomic E-state index is 0.0747. The number of aromatic amines is 1. The maximum atomic E-state index is 9.70. The number of nitrogens with one attached hydrogen (secondary N) is 1. The predicted octanol–water partition coefficient (Wildman–Crippen LogP) is 3.19. The van der Waals surface area contributed by atoms with Gasteiger partial charge in [0.15, 0.2) is 0 Å². The topological polar surface area (TPSA) is 115 Å². The molecule has 7 heteroatoms. The molecule has 0 radical (unpaired) electrons. The second-order valence-corrected chi connectivity index (χ2v) is 7.83. The van der Waals surface area contributed by atoms with Crippen LogP contribution >= 0.6 is 0 Å². The Kier molecular flexibility index (Phi) is 4.86. The molecule has 1 atom stereocenters. The lowest BCUT2D eigenvalue weighted by Crippen LogP contribution is -2.27. The number of nitrogens with zero attached hydrogens (tertiary/aromatic N) is 4. The number of hydrogen-bond donors (Lipinski definition) is 3. The van der Waals surface area contributed by atoms with Crippen molar-refractivity contribution in [3.8, 4) is 28.6 Å². The van der Waals surface area contributed by atoms with Crippen LogP contribution in [-0.2, 0) is 6.61 Å². The van der Waals surface area contributed by atoms with Gasteiger partial charge in [-0.15, -0.1) is 0 Å². The molecule has 0 saturated carbocycles. The van der Waals surface area contributed by atoms with Gasteiger partial charge < -0.3 is 20.7 Å². The molecule has 5 rings (SSSR count). The van der Waals surface area contributed by atoms with E-state index >= 15 is 0 Å². The summed E-state index contributed by atoms with van der Waals surface area (Å²) in [6.07, 6.45) is 4.56. The number of rotatable bonds is 4. The molecule has 7 nitrogen and oxygen atoms in total. The summed E-state index contributed by atoms with van der Waals surface area (Å²) in [4.78, 5) is 15.0. The summed E-state index contributed by atoms with van der Waals surface area (Å²) in [7, 11) is 0. The van der Waals surface area contributed by atoms with Crippen LogP contribution < -0.4 is 10.6 Å². The molecule has 2 aromatic carbocycles. The molecular weight excluding hydrogens is 388 g/mol. The van der Waals surface area contributed by atoms with Gasteiger partial charge in [0.05, 0.1) is 40.5 Å². The molecule has 0 unspecified atom stereocenters. The molecule has 2 aromatic heterocycles. The first-order chi connectivity index (χ1) is 15.2. The average Bonchev–Trinajstić information content (AvgIpc) is 3.44. The van der Waals surface area contributed by atoms with E-state index in [1.165, 1.54) is 0 Å². The number of aliphatic hydroxyl groups is 1. The Hall–Kier alpha value is -3.73. The maximum Gasteiger partial charge on any atom is 0.142 e. The molecule has 31 heavy (non-hydrogen) atoms. The molecule has 0 spiro atoms. The number of para-hydroxylation sites is 1. The number of anilines is 1. The monoisotopic (exact) mass is 410 g/mol. The Labute approximate surface area is 179 Å². The van der Waals surface area contributed by atoms with Crippen molar-refractivity contribution in [2.24, 2.45) is 5.73 Å². The average molecular weight is 410 g/mol. The van der Waals surface area contributed by atoms with Crippen LogP contribution in [-0.4, -0.2) is 39.2 Å². The van der Waals surface area contributed by atoms with E-state index in [1.807, 2.05) is 48.8 Å². The zero-order valence-electron chi connectivity index (χ0n) is 16.9. The molecule has 0 amide bonds.